The predicted octanol–water partition coefficient (Wildman–Crippen LogP) is 1.97. The van der Waals surface area contributed by atoms with E-state index in [0.29, 0.717) is 6.42 Å². The third kappa shape index (κ3) is 5.20. The summed E-state index contributed by atoms with van der Waals surface area (Å²) in [5, 5.41) is 7.87. The lowest BCUT2D eigenvalue weighted by atomic mass is 10.2. The molecule has 0 aliphatic heterocycles. The second kappa shape index (κ2) is 6.65. The van der Waals surface area contributed by atoms with Crippen LogP contribution in [0.25, 0.3) is 0 Å². The maximum absolute atomic E-state index is 12.0. The molecule has 21 heavy (non-hydrogen) atoms. The lowest BCUT2D eigenvalue weighted by molar-refractivity contribution is -0.133. The lowest BCUT2D eigenvalue weighted by Crippen LogP contribution is -2.29. The summed E-state index contributed by atoms with van der Waals surface area (Å²) in [6.07, 6.45) is -4.80. The molecule has 0 saturated carbocycles. The van der Waals surface area contributed by atoms with Crippen LogP contribution in [-0.2, 0) is 15.5 Å². The monoisotopic (exact) mass is 347 g/mol. The number of alkyl halides is 3. The highest BCUT2D eigenvalue weighted by Crippen LogP contribution is 2.24. The number of aryl methyl sites for hydroxylation is 1. The first-order chi connectivity index (χ1) is 9.56. The molecule has 0 aromatic carbocycles. The van der Waals surface area contributed by atoms with Gasteiger partial charge >= 0.3 is 6.18 Å². The Hall–Kier alpha value is -1.29. The van der Waals surface area contributed by atoms with Gasteiger partial charge in [0, 0.05) is 17.2 Å². The number of rotatable bonds is 6. The molecule has 0 radical (unpaired) electrons. The highest BCUT2D eigenvalue weighted by atomic mass is 35.7. The van der Waals surface area contributed by atoms with E-state index in [2.05, 4.69) is 10.2 Å². The fraction of sp³-hybridized carbons (Fsp3) is 0.600. The van der Waals surface area contributed by atoms with E-state index in [0.717, 1.165) is 0 Å². The first kappa shape index (κ1) is 17.8. The van der Waals surface area contributed by atoms with Crippen LogP contribution in [0.4, 0.5) is 13.2 Å². The molecular formula is C10H13ClF3N3O3S. The minimum atomic E-state index is -4.42. The molecule has 1 heterocycles. The van der Waals surface area contributed by atoms with Crippen LogP contribution in [0, 0.1) is 0 Å². The number of amides is 1. The Morgan fingerprint density at radius 3 is 2.52 bits per heavy atom. The van der Waals surface area contributed by atoms with Gasteiger partial charge in [0.25, 0.3) is 15.0 Å². The second-order valence-electron chi connectivity index (χ2n) is 4.19. The van der Waals surface area contributed by atoms with Gasteiger partial charge in [-0.25, -0.2) is 8.42 Å². The van der Waals surface area contributed by atoms with Crippen LogP contribution in [-0.4, -0.2) is 37.2 Å². The third-order valence-corrected chi connectivity index (χ3v) is 3.84. The maximum atomic E-state index is 12.0. The van der Waals surface area contributed by atoms with Crippen LogP contribution >= 0.6 is 10.7 Å². The van der Waals surface area contributed by atoms with Gasteiger partial charge in [-0.1, -0.05) is 13.3 Å². The summed E-state index contributed by atoms with van der Waals surface area (Å²) in [6.45, 7) is 1.09. The Kier molecular flexibility index (Phi) is 5.62. The van der Waals surface area contributed by atoms with Crippen LogP contribution in [0.1, 0.15) is 35.9 Å². The van der Waals surface area contributed by atoms with Gasteiger partial charge in [-0.2, -0.15) is 18.3 Å². The van der Waals surface area contributed by atoms with Gasteiger partial charge in [-0.15, -0.1) is 0 Å². The summed E-state index contributed by atoms with van der Waals surface area (Å²) >= 11 is 0. The van der Waals surface area contributed by atoms with Gasteiger partial charge in [0.05, 0.1) is 12.1 Å². The largest absolute Gasteiger partial charge is 0.390 e. The van der Waals surface area contributed by atoms with E-state index >= 15 is 0 Å². The summed E-state index contributed by atoms with van der Waals surface area (Å²) in [6, 6.07) is 0. The molecule has 2 N–H and O–H groups in total. The van der Waals surface area contributed by atoms with Gasteiger partial charge in [0.15, 0.2) is 5.69 Å². The summed E-state index contributed by atoms with van der Waals surface area (Å²) < 4.78 is 59.0. The van der Waals surface area contributed by atoms with Crippen molar-refractivity contribution in [2.45, 2.75) is 37.3 Å². The number of nitrogens with zero attached hydrogens (tertiary/aromatic N) is 1. The van der Waals surface area contributed by atoms with Crippen molar-refractivity contribution in [3.05, 3.63) is 11.4 Å². The maximum Gasteiger partial charge on any atom is 0.390 e. The Morgan fingerprint density at radius 2 is 2.05 bits per heavy atom. The van der Waals surface area contributed by atoms with E-state index in [4.69, 9.17) is 10.7 Å². The molecule has 120 valence electrons. The Morgan fingerprint density at radius 1 is 1.43 bits per heavy atom. The lowest BCUT2D eigenvalue weighted by Gasteiger charge is -2.07. The molecular weight excluding hydrogens is 335 g/mol. The molecule has 0 spiro atoms. The average molecular weight is 348 g/mol. The second-order valence-corrected chi connectivity index (χ2v) is 6.69. The van der Waals surface area contributed by atoms with E-state index in [-0.39, 0.29) is 12.1 Å². The number of H-pyrrole nitrogens is 1. The average Bonchev–Trinajstić information content (AvgIpc) is 2.71. The van der Waals surface area contributed by atoms with Gasteiger partial charge < -0.3 is 5.32 Å². The van der Waals surface area contributed by atoms with Crippen LogP contribution < -0.4 is 5.32 Å². The van der Waals surface area contributed by atoms with E-state index < -0.39 is 44.7 Å². The number of carbonyl (C=O) groups excluding carboxylic acids is 1. The minimum absolute atomic E-state index is 0.147. The Labute approximate surface area is 123 Å². The van der Waals surface area contributed by atoms with Gasteiger partial charge in [0.2, 0.25) is 0 Å². The molecule has 1 amide bonds. The zero-order chi connectivity index (χ0) is 16.3. The van der Waals surface area contributed by atoms with Gasteiger partial charge in [0.1, 0.15) is 4.90 Å². The van der Waals surface area contributed by atoms with Crippen molar-refractivity contribution in [3.8, 4) is 0 Å². The molecule has 1 aromatic heterocycles. The van der Waals surface area contributed by atoms with E-state index in [9.17, 15) is 26.4 Å². The molecule has 6 nitrogen and oxygen atoms in total. The smallest absolute Gasteiger partial charge is 0.350 e. The van der Waals surface area contributed by atoms with Crippen LogP contribution in [0.3, 0.4) is 0 Å². The van der Waals surface area contributed by atoms with E-state index in [1.807, 2.05) is 5.32 Å². The Bertz CT molecular complexity index is 613. The number of nitrogens with one attached hydrogen (secondary N) is 2. The molecule has 0 bridgehead atoms. The van der Waals surface area contributed by atoms with Crippen LogP contribution in [0.15, 0.2) is 4.90 Å². The molecule has 0 fully saturated rings. The highest BCUT2D eigenvalue weighted by molar-refractivity contribution is 8.13. The van der Waals surface area contributed by atoms with Crippen molar-refractivity contribution >= 4 is 25.6 Å². The molecule has 0 saturated heterocycles. The topological polar surface area (TPSA) is 91.9 Å². The van der Waals surface area contributed by atoms with Gasteiger partial charge in [-0.05, 0) is 6.42 Å². The van der Waals surface area contributed by atoms with Crippen LogP contribution in [0.5, 0.6) is 0 Å². The van der Waals surface area contributed by atoms with Crippen LogP contribution in [0.2, 0.25) is 0 Å². The fourth-order valence-electron chi connectivity index (χ4n) is 1.61. The molecule has 0 aliphatic carbocycles. The van der Waals surface area contributed by atoms with Crippen molar-refractivity contribution in [2.75, 3.05) is 6.54 Å². The summed E-state index contributed by atoms with van der Waals surface area (Å²) in [5.41, 5.74) is -0.385. The number of carbonyl (C=O) groups is 1. The Balaban J connectivity index is 2.95. The summed E-state index contributed by atoms with van der Waals surface area (Å²) in [4.78, 5) is 11.2. The molecule has 1 aromatic rings. The number of hydrogen-bond donors (Lipinski definition) is 2. The fourth-order valence-corrected chi connectivity index (χ4v) is 2.92. The highest BCUT2D eigenvalue weighted by Gasteiger charge is 2.30. The first-order valence-corrected chi connectivity index (χ1v) is 8.24. The molecule has 0 unspecified atom stereocenters. The third-order valence-electron chi connectivity index (χ3n) is 2.44. The quantitative estimate of drug-likeness (QED) is 0.770. The number of halogens is 4. The normalized spacial score (nSPS) is 12.4. The molecule has 0 atom stereocenters. The first-order valence-electron chi connectivity index (χ1n) is 5.93. The van der Waals surface area contributed by atoms with E-state index in [1.165, 1.54) is 0 Å². The van der Waals surface area contributed by atoms with Crippen molar-refractivity contribution in [1.29, 1.82) is 0 Å². The molecule has 11 heteroatoms. The van der Waals surface area contributed by atoms with Gasteiger partial charge in [-0.3, -0.25) is 9.89 Å². The predicted molar refractivity (Wildman–Crippen MR) is 68.6 cm³/mol. The zero-order valence-electron chi connectivity index (χ0n) is 10.9. The summed E-state index contributed by atoms with van der Waals surface area (Å²) in [5.74, 6) is -1.03. The van der Waals surface area contributed by atoms with Crippen molar-refractivity contribution in [1.82, 2.24) is 15.5 Å². The SMILES string of the molecule is CCCc1[nH]nc(C(=O)NCCC(F)(F)F)c1S(=O)(=O)Cl. The zero-order valence-corrected chi connectivity index (χ0v) is 12.5. The number of aromatic amines is 1. The summed E-state index contributed by atoms with van der Waals surface area (Å²) in [7, 11) is 1.00. The standard InChI is InChI=1S/C10H13ClF3N3O3S/c1-2-3-6-8(21(11,19)20)7(17-16-6)9(18)15-5-4-10(12,13)14/h2-5H2,1H3,(H,15,18)(H,16,17). The van der Waals surface area contributed by atoms with Crippen molar-refractivity contribution in [2.24, 2.45) is 0 Å². The van der Waals surface area contributed by atoms with Crippen molar-refractivity contribution < 1.29 is 26.4 Å². The van der Waals surface area contributed by atoms with E-state index in [1.54, 1.807) is 6.92 Å². The molecule has 0 aliphatic rings. The number of aromatic nitrogens is 2. The number of hydrogen-bond acceptors (Lipinski definition) is 4. The minimum Gasteiger partial charge on any atom is -0.350 e. The molecule has 1 rings (SSSR count). The van der Waals surface area contributed by atoms with Crippen molar-refractivity contribution in [3.63, 3.8) is 0 Å².